The highest BCUT2D eigenvalue weighted by Crippen LogP contribution is 2.43. The Morgan fingerprint density at radius 1 is 0.727 bits per heavy atom. The molecule has 0 N–H and O–H groups in total. The monoisotopic (exact) mass is 304 g/mol. The Kier molecular flexibility index (Phi) is 2.91. The minimum Gasteiger partial charge on any atom is -0.289 e. The molecule has 0 fully saturated rings. The standard InChI is InChI=1S/C20H13ClO/c1-12-11-13(21)9-10-14(12)15-7-4-8-18-19(15)16-5-2-3-6-17(16)20(18)22/h2-11H,1H3. The molecule has 22 heavy (non-hydrogen) atoms. The normalized spacial score (nSPS) is 12.2. The Morgan fingerprint density at radius 3 is 2.18 bits per heavy atom. The third-order valence-electron chi connectivity index (χ3n) is 4.23. The number of rotatable bonds is 1. The molecule has 0 unspecified atom stereocenters. The minimum atomic E-state index is 0.110. The Morgan fingerprint density at radius 2 is 1.41 bits per heavy atom. The first kappa shape index (κ1) is 13.3. The molecule has 0 spiro atoms. The van der Waals surface area contributed by atoms with Crippen molar-refractivity contribution in [2.24, 2.45) is 0 Å². The summed E-state index contributed by atoms with van der Waals surface area (Å²) in [5.74, 6) is 0.110. The summed E-state index contributed by atoms with van der Waals surface area (Å²) in [6, 6.07) is 19.6. The molecule has 1 nitrogen and oxygen atoms in total. The van der Waals surface area contributed by atoms with Gasteiger partial charge in [-0.3, -0.25) is 4.79 Å². The van der Waals surface area contributed by atoms with Crippen molar-refractivity contribution in [2.75, 3.05) is 0 Å². The summed E-state index contributed by atoms with van der Waals surface area (Å²) in [7, 11) is 0. The van der Waals surface area contributed by atoms with E-state index in [1.54, 1.807) is 0 Å². The minimum absolute atomic E-state index is 0.110. The van der Waals surface area contributed by atoms with Gasteiger partial charge in [0, 0.05) is 21.7 Å². The van der Waals surface area contributed by atoms with Crippen LogP contribution in [0, 0.1) is 6.92 Å². The molecule has 0 aromatic heterocycles. The molecular weight excluding hydrogens is 292 g/mol. The third kappa shape index (κ3) is 1.83. The molecule has 4 rings (SSSR count). The van der Waals surface area contributed by atoms with Crippen LogP contribution in [0.4, 0.5) is 0 Å². The number of halogens is 1. The molecule has 0 radical (unpaired) electrons. The van der Waals surface area contributed by atoms with E-state index in [2.05, 4.69) is 6.07 Å². The molecule has 3 aromatic carbocycles. The van der Waals surface area contributed by atoms with Crippen molar-refractivity contribution in [3.05, 3.63) is 82.4 Å². The first-order chi connectivity index (χ1) is 10.7. The lowest BCUT2D eigenvalue weighted by molar-refractivity contribution is 0.104. The van der Waals surface area contributed by atoms with E-state index < -0.39 is 0 Å². The summed E-state index contributed by atoms with van der Waals surface area (Å²) in [5.41, 5.74) is 6.94. The van der Waals surface area contributed by atoms with E-state index >= 15 is 0 Å². The SMILES string of the molecule is Cc1cc(Cl)ccc1-c1cccc2c1-c1ccccc1C2=O. The van der Waals surface area contributed by atoms with Gasteiger partial charge in [-0.15, -0.1) is 0 Å². The van der Waals surface area contributed by atoms with E-state index in [9.17, 15) is 4.79 Å². The summed E-state index contributed by atoms with van der Waals surface area (Å²) >= 11 is 6.07. The van der Waals surface area contributed by atoms with Crippen LogP contribution in [-0.2, 0) is 0 Å². The van der Waals surface area contributed by atoms with E-state index in [0.29, 0.717) is 0 Å². The van der Waals surface area contributed by atoms with Crippen molar-refractivity contribution >= 4 is 17.4 Å². The maximum atomic E-state index is 12.6. The predicted molar refractivity (Wildman–Crippen MR) is 90.5 cm³/mol. The molecular formula is C20H13ClO. The van der Waals surface area contributed by atoms with Gasteiger partial charge in [0.1, 0.15) is 0 Å². The molecule has 0 saturated carbocycles. The van der Waals surface area contributed by atoms with Crippen LogP contribution >= 0.6 is 11.6 Å². The van der Waals surface area contributed by atoms with E-state index in [1.807, 2.05) is 61.5 Å². The number of carbonyl (C=O) groups is 1. The van der Waals surface area contributed by atoms with Crippen molar-refractivity contribution in [2.45, 2.75) is 6.92 Å². The zero-order chi connectivity index (χ0) is 15.3. The van der Waals surface area contributed by atoms with Crippen LogP contribution in [0.3, 0.4) is 0 Å². The van der Waals surface area contributed by atoms with Crippen LogP contribution < -0.4 is 0 Å². The highest BCUT2D eigenvalue weighted by molar-refractivity contribution is 6.30. The summed E-state index contributed by atoms with van der Waals surface area (Å²) in [6.45, 7) is 2.04. The Bertz CT molecular complexity index is 925. The van der Waals surface area contributed by atoms with Crippen LogP contribution in [0.5, 0.6) is 0 Å². The molecule has 1 aliphatic rings. The molecule has 0 amide bonds. The maximum absolute atomic E-state index is 12.6. The molecule has 0 saturated heterocycles. The van der Waals surface area contributed by atoms with Gasteiger partial charge in [0.25, 0.3) is 0 Å². The van der Waals surface area contributed by atoms with Gasteiger partial charge in [-0.1, -0.05) is 60.1 Å². The fourth-order valence-corrected chi connectivity index (χ4v) is 3.46. The second kappa shape index (κ2) is 4.82. The number of carbonyl (C=O) groups excluding carboxylic acids is 1. The first-order valence-electron chi connectivity index (χ1n) is 7.20. The van der Waals surface area contributed by atoms with E-state index in [-0.39, 0.29) is 5.78 Å². The van der Waals surface area contributed by atoms with E-state index in [0.717, 1.165) is 44.0 Å². The molecule has 1 aliphatic carbocycles. The van der Waals surface area contributed by atoms with Gasteiger partial charge < -0.3 is 0 Å². The average Bonchev–Trinajstić information content (AvgIpc) is 2.82. The van der Waals surface area contributed by atoms with Crippen molar-refractivity contribution < 1.29 is 4.79 Å². The van der Waals surface area contributed by atoms with Crippen molar-refractivity contribution in [3.8, 4) is 22.3 Å². The highest BCUT2D eigenvalue weighted by Gasteiger charge is 2.28. The van der Waals surface area contributed by atoms with Crippen LogP contribution in [-0.4, -0.2) is 5.78 Å². The van der Waals surface area contributed by atoms with Gasteiger partial charge in [0.2, 0.25) is 0 Å². The average molecular weight is 305 g/mol. The first-order valence-corrected chi connectivity index (χ1v) is 7.58. The second-order valence-corrected chi connectivity index (χ2v) is 6.00. The predicted octanol–water partition coefficient (Wildman–Crippen LogP) is 5.53. The quantitative estimate of drug-likeness (QED) is 0.452. The fraction of sp³-hybridized carbons (Fsp3) is 0.0500. The third-order valence-corrected chi connectivity index (χ3v) is 4.46. The van der Waals surface area contributed by atoms with Gasteiger partial charge in [-0.2, -0.15) is 0 Å². The lowest BCUT2D eigenvalue weighted by Crippen LogP contribution is -1.94. The Hall–Kier alpha value is -2.38. The largest absolute Gasteiger partial charge is 0.289 e. The lowest BCUT2D eigenvalue weighted by atomic mass is 9.92. The van der Waals surface area contributed by atoms with Gasteiger partial charge in [-0.05, 0) is 41.3 Å². The maximum Gasteiger partial charge on any atom is 0.194 e. The van der Waals surface area contributed by atoms with E-state index in [1.165, 1.54) is 0 Å². The molecule has 3 aromatic rings. The number of aryl methyl sites for hydroxylation is 1. The highest BCUT2D eigenvalue weighted by atomic mass is 35.5. The number of hydrogen-bond donors (Lipinski definition) is 0. The molecule has 0 heterocycles. The number of benzene rings is 3. The van der Waals surface area contributed by atoms with Crippen molar-refractivity contribution in [1.82, 2.24) is 0 Å². The van der Waals surface area contributed by atoms with E-state index in [4.69, 9.17) is 11.6 Å². The molecule has 0 aliphatic heterocycles. The van der Waals surface area contributed by atoms with Gasteiger partial charge >= 0.3 is 0 Å². The van der Waals surface area contributed by atoms with Crippen molar-refractivity contribution in [3.63, 3.8) is 0 Å². The summed E-state index contributed by atoms with van der Waals surface area (Å²) in [4.78, 5) is 12.6. The van der Waals surface area contributed by atoms with Crippen LogP contribution in [0.2, 0.25) is 5.02 Å². The fourth-order valence-electron chi connectivity index (χ4n) is 3.23. The van der Waals surface area contributed by atoms with Gasteiger partial charge in [-0.25, -0.2) is 0 Å². The van der Waals surface area contributed by atoms with Crippen LogP contribution in [0.1, 0.15) is 21.5 Å². The van der Waals surface area contributed by atoms with Crippen LogP contribution in [0.15, 0.2) is 60.7 Å². The molecule has 0 atom stereocenters. The summed E-state index contributed by atoms with van der Waals surface area (Å²) in [6.07, 6.45) is 0. The zero-order valence-corrected chi connectivity index (χ0v) is 12.8. The number of ketones is 1. The zero-order valence-electron chi connectivity index (χ0n) is 12.1. The topological polar surface area (TPSA) is 17.1 Å². The molecule has 2 heteroatoms. The summed E-state index contributed by atoms with van der Waals surface area (Å²) < 4.78 is 0. The molecule has 106 valence electrons. The second-order valence-electron chi connectivity index (χ2n) is 5.56. The van der Waals surface area contributed by atoms with Gasteiger partial charge in [0.05, 0.1) is 0 Å². The van der Waals surface area contributed by atoms with Gasteiger partial charge in [0.15, 0.2) is 5.78 Å². The Balaban J connectivity index is 2.05. The van der Waals surface area contributed by atoms with Crippen molar-refractivity contribution in [1.29, 1.82) is 0 Å². The summed E-state index contributed by atoms with van der Waals surface area (Å²) in [5, 5.41) is 0.727. The molecule has 0 bridgehead atoms. The number of fused-ring (bicyclic) bond motifs is 3. The smallest absolute Gasteiger partial charge is 0.194 e. The van der Waals surface area contributed by atoms with Crippen LogP contribution in [0.25, 0.3) is 22.3 Å². The lowest BCUT2D eigenvalue weighted by Gasteiger charge is -2.12. The Labute approximate surface area is 134 Å². The number of hydrogen-bond acceptors (Lipinski definition) is 1.